The first-order valence-electron chi connectivity index (χ1n) is 17.8. The maximum absolute atomic E-state index is 6.54. The van der Waals surface area contributed by atoms with Crippen molar-refractivity contribution < 1.29 is 4.42 Å². The molecule has 8 aromatic carbocycles. The smallest absolute Gasteiger partial charge is 0.238 e. The van der Waals surface area contributed by atoms with Gasteiger partial charge in [0.15, 0.2) is 11.6 Å². The van der Waals surface area contributed by atoms with Gasteiger partial charge in [0.2, 0.25) is 5.95 Å². The minimum Gasteiger partial charge on any atom is -0.455 e. The van der Waals surface area contributed by atoms with Gasteiger partial charge in [0, 0.05) is 49.1 Å². The molecule has 1 aliphatic rings. The van der Waals surface area contributed by atoms with E-state index in [0.717, 1.165) is 77.2 Å². The van der Waals surface area contributed by atoms with Crippen molar-refractivity contribution >= 4 is 82.6 Å². The van der Waals surface area contributed by atoms with Crippen molar-refractivity contribution in [3.8, 4) is 33.9 Å². The fourth-order valence-corrected chi connectivity index (χ4v) is 8.34. The van der Waals surface area contributed by atoms with Crippen LogP contribution in [-0.2, 0) is 0 Å². The molecule has 0 saturated heterocycles. The number of hydrogen-bond acceptors (Lipinski definition) is 5. The molecule has 246 valence electrons. The Morgan fingerprint density at radius 2 is 1.15 bits per heavy atom. The second-order valence-electron chi connectivity index (χ2n) is 13.7. The van der Waals surface area contributed by atoms with Gasteiger partial charge in [-0.2, -0.15) is 9.97 Å². The van der Waals surface area contributed by atoms with Gasteiger partial charge in [-0.1, -0.05) is 115 Å². The van der Waals surface area contributed by atoms with Crippen molar-refractivity contribution in [2.24, 2.45) is 0 Å². The number of anilines is 3. The predicted molar refractivity (Wildman–Crippen MR) is 216 cm³/mol. The van der Waals surface area contributed by atoms with Crippen LogP contribution in [0.5, 0.6) is 0 Å². The van der Waals surface area contributed by atoms with E-state index in [9.17, 15) is 0 Å². The summed E-state index contributed by atoms with van der Waals surface area (Å²) in [6.45, 7) is 0. The third kappa shape index (κ3) is 4.11. The van der Waals surface area contributed by atoms with Crippen LogP contribution in [0.3, 0.4) is 0 Å². The van der Waals surface area contributed by atoms with E-state index in [1.165, 1.54) is 21.7 Å². The van der Waals surface area contributed by atoms with Gasteiger partial charge in [0.25, 0.3) is 0 Å². The summed E-state index contributed by atoms with van der Waals surface area (Å²) < 4.78 is 6.54. The Labute approximate surface area is 302 Å². The van der Waals surface area contributed by atoms with E-state index in [0.29, 0.717) is 17.6 Å². The van der Waals surface area contributed by atoms with Gasteiger partial charge in [0.05, 0.1) is 16.9 Å². The Balaban J connectivity index is 1.17. The molecule has 0 aliphatic carbocycles. The fourth-order valence-electron chi connectivity index (χ4n) is 8.34. The summed E-state index contributed by atoms with van der Waals surface area (Å²) in [5.41, 5.74) is 9.77. The van der Waals surface area contributed by atoms with Crippen LogP contribution in [0.4, 0.5) is 17.3 Å². The highest BCUT2D eigenvalue weighted by Gasteiger charge is 2.29. The van der Waals surface area contributed by atoms with Crippen molar-refractivity contribution in [2.75, 3.05) is 4.90 Å². The molecule has 0 saturated carbocycles. The molecular formula is C47H27N5O. The summed E-state index contributed by atoms with van der Waals surface area (Å²) in [6.07, 6.45) is 0. The molecule has 6 nitrogen and oxygen atoms in total. The summed E-state index contributed by atoms with van der Waals surface area (Å²) in [5.74, 6) is 1.65. The number of para-hydroxylation sites is 3. The first kappa shape index (κ1) is 28.4. The molecule has 0 atom stereocenters. The highest BCUT2D eigenvalue weighted by molar-refractivity contribution is 6.15. The number of aromatic amines is 1. The summed E-state index contributed by atoms with van der Waals surface area (Å²) in [7, 11) is 0. The second kappa shape index (κ2) is 10.6. The van der Waals surface area contributed by atoms with Crippen LogP contribution in [0.15, 0.2) is 162 Å². The van der Waals surface area contributed by atoms with Crippen LogP contribution in [0.1, 0.15) is 0 Å². The Bertz CT molecular complexity index is 3320. The molecule has 0 spiro atoms. The van der Waals surface area contributed by atoms with E-state index < -0.39 is 0 Å². The van der Waals surface area contributed by atoms with Crippen LogP contribution in [0.2, 0.25) is 0 Å². The maximum Gasteiger partial charge on any atom is 0.238 e. The van der Waals surface area contributed by atoms with E-state index in [4.69, 9.17) is 19.4 Å². The van der Waals surface area contributed by atoms with Gasteiger partial charge in [-0.05, 0) is 64.2 Å². The average Bonchev–Trinajstić information content (AvgIpc) is 3.78. The Hall–Kier alpha value is -7.31. The number of aromatic nitrogens is 4. The molecule has 1 aliphatic heterocycles. The highest BCUT2D eigenvalue weighted by Crippen LogP contribution is 2.51. The van der Waals surface area contributed by atoms with Gasteiger partial charge >= 0.3 is 0 Å². The molecule has 1 N–H and O–H groups in total. The van der Waals surface area contributed by atoms with Crippen LogP contribution < -0.4 is 4.90 Å². The average molecular weight is 678 g/mol. The zero-order valence-electron chi connectivity index (χ0n) is 28.2. The third-order valence-corrected chi connectivity index (χ3v) is 10.8. The van der Waals surface area contributed by atoms with Crippen LogP contribution in [0.25, 0.3) is 99.2 Å². The number of nitrogens with zero attached hydrogens (tertiary/aromatic N) is 4. The summed E-state index contributed by atoms with van der Waals surface area (Å²) >= 11 is 0. The first-order chi connectivity index (χ1) is 26.2. The summed E-state index contributed by atoms with van der Waals surface area (Å²) in [4.78, 5) is 21.7. The SMILES string of the molecule is c1ccc2cc3c(cc2c1)-c1cccc2cccc(c12)N3c1nc(-c2ccc3c(c2)[nH]c2ccccc23)nc(-c2cccc3c2oc2ccccc23)n1. The fraction of sp³-hybridized carbons (Fsp3) is 0. The Morgan fingerprint density at radius 3 is 2.08 bits per heavy atom. The van der Waals surface area contributed by atoms with E-state index in [-0.39, 0.29) is 0 Å². The molecule has 4 heterocycles. The minimum atomic E-state index is 0.536. The Morgan fingerprint density at radius 1 is 0.453 bits per heavy atom. The second-order valence-corrected chi connectivity index (χ2v) is 13.7. The first-order valence-corrected chi connectivity index (χ1v) is 17.8. The number of furan rings is 1. The normalized spacial score (nSPS) is 12.5. The number of hydrogen-bond donors (Lipinski definition) is 1. The zero-order chi connectivity index (χ0) is 34.6. The molecule has 12 rings (SSSR count). The maximum atomic E-state index is 6.54. The zero-order valence-corrected chi connectivity index (χ0v) is 28.2. The number of fused-ring (bicyclic) bond motifs is 9. The molecule has 0 unspecified atom stereocenters. The van der Waals surface area contributed by atoms with Crippen molar-refractivity contribution in [3.63, 3.8) is 0 Å². The van der Waals surface area contributed by atoms with Gasteiger partial charge in [-0.25, -0.2) is 4.98 Å². The van der Waals surface area contributed by atoms with Gasteiger partial charge < -0.3 is 9.40 Å². The predicted octanol–water partition coefficient (Wildman–Crippen LogP) is 12.5. The largest absolute Gasteiger partial charge is 0.455 e. The monoisotopic (exact) mass is 677 g/mol. The number of nitrogens with one attached hydrogen (secondary N) is 1. The van der Waals surface area contributed by atoms with E-state index in [2.05, 4.69) is 143 Å². The molecule has 3 aromatic heterocycles. The van der Waals surface area contributed by atoms with Crippen molar-refractivity contribution in [1.82, 2.24) is 19.9 Å². The summed E-state index contributed by atoms with van der Waals surface area (Å²) in [5, 5.41) is 9.08. The molecule has 0 radical (unpaired) electrons. The topological polar surface area (TPSA) is 70.8 Å². The van der Waals surface area contributed by atoms with Crippen molar-refractivity contribution in [2.45, 2.75) is 0 Å². The lowest BCUT2D eigenvalue weighted by molar-refractivity contribution is 0.669. The van der Waals surface area contributed by atoms with E-state index >= 15 is 0 Å². The van der Waals surface area contributed by atoms with Crippen LogP contribution in [0, 0.1) is 0 Å². The van der Waals surface area contributed by atoms with E-state index in [1.54, 1.807) is 0 Å². The number of rotatable bonds is 3. The third-order valence-electron chi connectivity index (χ3n) is 10.8. The molecule has 11 aromatic rings. The van der Waals surface area contributed by atoms with Gasteiger partial charge in [-0.3, -0.25) is 4.90 Å². The van der Waals surface area contributed by atoms with E-state index in [1.807, 2.05) is 24.3 Å². The molecule has 53 heavy (non-hydrogen) atoms. The van der Waals surface area contributed by atoms with Crippen molar-refractivity contribution in [3.05, 3.63) is 158 Å². The van der Waals surface area contributed by atoms with Crippen LogP contribution in [-0.4, -0.2) is 19.9 Å². The lowest BCUT2D eigenvalue weighted by Crippen LogP contribution is -2.19. The van der Waals surface area contributed by atoms with Crippen molar-refractivity contribution in [1.29, 1.82) is 0 Å². The van der Waals surface area contributed by atoms with Gasteiger partial charge in [0.1, 0.15) is 11.2 Å². The van der Waals surface area contributed by atoms with Gasteiger partial charge in [-0.15, -0.1) is 0 Å². The number of H-pyrrole nitrogens is 1. The lowest BCUT2D eigenvalue weighted by Gasteiger charge is -2.32. The minimum absolute atomic E-state index is 0.536. The number of benzene rings is 8. The van der Waals surface area contributed by atoms with Crippen LogP contribution >= 0.6 is 0 Å². The molecule has 0 amide bonds. The Kier molecular flexibility index (Phi) is 5.68. The lowest BCUT2D eigenvalue weighted by atomic mass is 9.90. The standard InChI is InChI=1S/C47H27N5O/c1-2-11-29-26-41-37(24-28(29)10-1)34-16-7-12-27-13-8-20-40(43(27)34)52(41)47-50-45(30-22-23-32-31-14-3-5-19-38(31)48-39(32)25-30)49-46(51-47)36-18-9-17-35-33-15-4-6-21-42(33)53-44(35)36/h1-26,48H. The highest BCUT2D eigenvalue weighted by atomic mass is 16.3. The molecule has 0 bridgehead atoms. The summed E-state index contributed by atoms with van der Waals surface area (Å²) in [6, 6.07) is 55.2. The molecule has 6 heteroatoms. The molecule has 0 fully saturated rings. The molecular weight excluding hydrogens is 651 g/mol. The quantitative estimate of drug-likeness (QED) is 0.201.